The second kappa shape index (κ2) is 5.48. The van der Waals surface area contributed by atoms with Crippen molar-refractivity contribution in [3.63, 3.8) is 0 Å². The monoisotopic (exact) mass is 297 g/mol. The van der Waals surface area contributed by atoms with Crippen molar-refractivity contribution >= 4 is 16.7 Å². The van der Waals surface area contributed by atoms with Crippen molar-refractivity contribution in [1.82, 2.24) is 15.1 Å². The van der Waals surface area contributed by atoms with Crippen LogP contribution in [0, 0.1) is 6.92 Å². The Bertz CT molecular complexity index is 842. The van der Waals surface area contributed by atoms with Crippen LogP contribution in [0.1, 0.15) is 22.1 Å². The molecule has 112 valence electrons. The van der Waals surface area contributed by atoms with Crippen LogP contribution in [0.4, 0.5) is 0 Å². The number of phenolic OH excluding ortho intramolecular Hbond substituents is 1. The molecule has 2 aromatic carbocycles. The first-order valence-electron chi connectivity index (χ1n) is 6.81. The maximum Gasteiger partial charge on any atom is 0.257 e. The molecule has 0 aliphatic heterocycles. The molecule has 3 aromatic rings. The standard InChI is InChI=1S/C16H15N3O3/c1-10-17-18-15(22-10)9-19(2)16(21)13-7-11-5-3-4-6-12(11)8-14(13)20/h3-8,20H,9H2,1-2H3. The number of fused-ring (bicyclic) bond motifs is 1. The van der Waals surface area contributed by atoms with Gasteiger partial charge in [-0.15, -0.1) is 10.2 Å². The number of carbonyl (C=O) groups is 1. The number of aromatic nitrogens is 2. The highest BCUT2D eigenvalue weighted by Crippen LogP contribution is 2.26. The second-order valence-electron chi connectivity index (χ2n) is 5.09. The molecule has 3 rings (SSSR count). The van der Waals surface area contributed by atoms with E-state index in [0.717, 1.165) is 10.8 Å². The number of carbonyl (C=O) groups excluding carboxylic acids is 1. The van der Waals surface area contributed by atoms with Crippen LogP contribution in [-0.4, -0.2) is 33.2 Å². The van der Waals surface area contributed by atoms with E-state index in [1.807, 2.05) is 24.3 Å². The van der Waals surface area contributed by atoms with Crippen molar-refractivity contribution in [3.8, 4) is 5.75 Å². The minimum atomic E-state index is -0.306. The largest absolute Gasteiger partial charge is 0.507 e. The minimum absolute atomic E-state index is 0.0442. The van der Waals surface area contributed by atoms with Crippen molar-refractivity contribution in [2.45, 2.75) is 13.5 Å². The van der Waals surface area contributed by atoms with E-state index < -0.39 is 0 Å². The second-order valence-corrected chi connectivity index (χ2v) is 5.09. The Balaban J connectivity index is 1.89. The summed E-state index contributed by atoms with van der Waals surface area (Å²) < 4.78 is 5.26. The Morgan fingerprint density at radius 2 is 1.91 bits per heavy atom. The van der Waals surface area contributed by atoms with Crippen molar-refractivity contribution in [1.29, 1.82) is 0 Å². The zero-order valence-electron chi connectivity index (χ0n) is 12.3. The van der Waals surface area contributed by atoms with Gasteiger partial charge in [-0.05, 0) is 22.9 Å². The van der Waals surface area contributed by atoms with E-state index in [1.54, 1.807) is 26.1 Å². The first kappa shape index (κ1) is 14.1. The fourth-order valence-electron chi connectivity index (χ4n) is 2.28. The summed E-state index contributed by atoms with van der Waals surface area (Å²) in [6.45, 7) is 1.87. The summed E-state index contributed by atoms with van der Waals surface area (Å²) in [5, 5.41) is 19.5. The first-order valence-corrected chi connectivity index (χ1v) is 6.81. The number of nitrogens with zero attached hydrogens (tertiary/aromatic N) is 3. The fourth-order valence-corrected chi connectivity index (χ4v) is 2.28. The fraction of sp³-hybridized carbons (Fsp3) is 0.188. The maximum absolute atomic E-state index is 12.5. The highest BCUT2D eigenvalue weighted by atomic mass is 16.4. The number of amides is 1. The van der Waals surface area contributed by atoms with Crippen molar-refractivity contribution in [2.75, 3.05) is 7.05 Å². The molecule has 0 aliphatic carbocycles. The van der Waals surface area contributed by atoms with Crippen LogP contribution in [0.2, 0.25) is 0 Å². The zero-order chi connectivity index (χ0) is 15.7. The lowest BCUT2D eigenvalue weighted by Gasteiger charge is -2.16. The molecular weight excluding hydrogens is 282 g/mol. The lowest BCUT2D eigenvalue weighted by molar-refractivity contribution is 0.0769. The maximum atomic E-state index is 12.5. The molecule has 0 spiro atoms. The molecule has 0 fully saturated rings. The Labute approximate surface area is 127 Å². The van der Waals surface area contributed by atoms with Crippen LogP contribution >= 0.6 is 0 Å². The Morgan fingerprint density at radius 1 is 1.23 bits per heavy atom. The molecule has 0 atom stereocenters. The van der Waals surface area contributed by atoms with Gasteiger partial charge in [0.15, 0.2) is 0 Å². The van der Waals surface area contributed by atoms with Crippen LogP contribution in [0.25, 0.3) is 10.8 Å². The van der Waals surface area contributed by atoms with Gasteiger partial charge in [0.25, 0.3) is 5.91 Å². The van der Waals surface area contributed by atoms with Crippen molar-refractivity contribution in [3.05, 3.63) is 53.7 Å². The quantitative estimate of drug-likeness (QED) is 0.803. The zero-order valence-corrected chi connectivity index (χ0v) is 12.3. The van der Waals surface area contributed by atoms with Crippen LogP contribution in [-0.2, 0) is 6.54 Å². The number of phenols is 1. The van der Waals surface area contributed by atoms with Gasteiger partial charge in [0.2, 0.25) is 11.8 Å². The number of hydrogen-bond donors (Lipinski definition) is 1. The SMILES string of the molecule is Cc1nnc(CN(C)C(=O)c2cc3ccccc3cc2O)o1. The van der Waals surface area contributed by atoms with E-state index in [2.05, 4.69) is 10.2 Å². The molecule has 1 aromatic heterocycles. The molecular formula is C16H15N3O3. The van der Waals surface area contributed by atoms with Crippen LogP contribution in [0.5, 0.6) is 5.75 Å². The van der Waals surface area contributed by atoms with Gasteiger partial charge in [0.05, 0.1) is 12.1 Å². The number of rotatable bonds is 3. The number of benzene rings is 2. The number of hydrogen-bond acceptors (Lipinski definition) is 5. The topological polar surface area (TPSA) is 79.5 Å². The Hall–Kier alpha value is -2.89. The van der Waals surface area contributed by atoms with E-state index >= 15 is 0 Å². The summed E-state index contributed by atoms with van der Waals surface area (Å²) in [5.41, 5.74) is 0.248. The Morgan fingerprint density at radius 3 is 2.55 bits per heavy atom. The van der Waals surface area contributed by atoms with Gasteiger partial charge in [-0.25, -0.2) is 0 Å². The molecule has 0 unspecified atom stereocenters. The molecule has 0 radical (unpaired) electrons. The average Bonchev–Trinajstić information content (AvgIpc) is 2.91. The van der Waals surface area contributed by atoms with E-state index in [9.17, 15) is 9.90 Å². The van der Waals surface area contributed by atoms with E-state index in [4.69, 9.17) is 4.42 Å². The average molecular weight is 297 g/mol. The summed E-state index contributed by atoms with van der Waals surface area (Å²) >= 11 is 0. The van der Waals surface area contributed by atoms with Crippen molar-refractivity contribution < 1.29 is 14.3 Å². The predicted molar refractivity (Wildman–Crippen MR) is 80.4 cm³/mol. The third-order valence-electron chi connectivity index (χ3n) is 3.38. The molecule has 0 bridgehead atoms. The van der Waals surface area contributed by atoms with Crippen LogP contribution in [0.3, 0.4) is 0 Å². The Kier molecular flexibility index (Phi) is 3.50. The number of aryl methyl sites for hydroxylation is 1. The van der Waals surface area contributed by atoms with Crippen molar-refractivity contribution in [2.24, 2.45) is 0 Å². The third kappa shape index (κ3) is 2.63. The van der Waals surface area contributed by atoms with Gasteiger partial charge in [0, 0.05) is 14.0 Å². The van der Waals surface area contributed by atoms with Gasteiger partial charge in [-0.1, -0.05) is 24.3 Å². The predicted octanol–water partition coefficient (Wildman–Crippen LogP) is 2.51. The molecule has 6 heteroatoms. The van der Waals surface area contributed by atoms with E-state index in [1.165, 1.54) is 4.90 Å². The van der Waals surface area contributed by atoms with Crippen LogP contribution in [0.15, 0.2) is 40.8 Å². The van der Waals surface area contributed by atoms with Crippen LogP contribution < -0.4 is 0 Å². The summed E-state index contributed by atoms with van der Waals surface area (Å²) in [5.74, 6) is 0.453. The summed E-state index contributed by atoms with van der Waals surface area (Å²) in [6.07, 6.45) is 0. The normalized spacial score (nSPS) is 10.8. The molecule has 22 heavy (non-hydrogen) atoms. The molecule has 1 amide bonds. The van der Waals surface area contributed by atoms with Gasteiger partial charge < -0.3 is 14.4 Å². The molecule has 0 saturated carbocycles. The highest BCUT2D eigenvalue weighted by molar-refractivity contribution is 6.01. The molecule has 1 N–H and O–H groups in total. The molecule has 0 saturated heterocycles. The summed E-state index contributed by atoms with van der Waals surface area (Å²) in [4.78, 5) is 13.9. The van der Waals surface area contributed by atoms with E-state index in [-0.39, 0.29) is 23.8 Å². The molecule has 0 aliphatic rings. The van der Waals surface area contributed by atoms with Gasteiger partial charge in [-0.2, -0.15) is 0 Å². The summed E-state index contributed by atoms with van der Waals surface area (Å²) in [7, 11) is 1.62. The van der Waals surface area contributed by atoms with Gasteiger partial charge >= 0.3 is 0 Å². The van der Waals surface area contributed by atoms with Gasteiger partial charge in [0.1, 0.15) is 5.75 Å². The number of aromatic hydroxyl groups is 1. The first-order chi connectivity index (χ1) is 10.5. The van der Waals surface area contributed by atoms with Gasteiger partial charge in [-0.3, -0.25) is 4.79 Å². The summed E-state index contributed by atoms with van der Waals surface area (Å²) in [6, 6.07) is 10.8. The third-order valence-corrected chi connectivity index (χ3v) is 3.38. The lowest BCUT2D eigenvalue weighted by atomic mass is 10.1. The smallest absolute Gasteiger partial charge is 0.257 e. The highest BCUT2D eigenvalue weighted by Gasteiger charge is 2.18. The van der Waals surface area contributed by atoms with E-state index in [0.29, 0.717) is 11.8 Å². The molecule has 1 heterocycles. The molecule has 6 nitrogen and oxygen atoms in total. The minimum Gasteiger partial charge on any atom is -0.507 e. The lowest BCUT2D eigenvalue weighted by Crippen LogP contribution is -2.26.